The van der Waals surface area contributed by atoms with Crippen molar-refractivity contribution in [2.24, 2.45) is 0 Å². The molecule has 0 aromatic carbocycles. The molecule has 1 saturated carbocycles. The minimum absolute atomic E-state index is 0.417. The zero-order valence-electron chi connectivity index (χ0n) is 4.67. The van der Waals surface area contributed by atoms with Crippen molar-refractivity contribution in [3.8, 4) is 0 Å². The molecule has 0 nitrogen and oxygen atoms in total. The fourth-order valence-electron chi connectivity index (χ4n) is 0.673. The Bertz CT molecular complexity index is 187. The van der Waals surface area contributed by atoms with Crippen molar-refractivity contribution in [1.29, 1.82) is 0 Å². The zero-order valence-corrected chi connectivity index (χ0v) is 6.94. The molecule has 0 N–H and O–H groups in total. The van der Waals surface area contributed by atoms with Gasteiger partial charge in [0.2, 0.25) is 4.33 Å². The smallest absolute Gasteiger partial charge is 0.198 e. The van der Waals surface area contributed by atoms with Gasteiger partial charge in [0.1, 0.15) is 0 Å². The highest BCUT2D eigenvalue weighted by Gasteiger charge is 2.70. The molecule has 0 aliphatic heterocycles. The summed E-state index contributed by atoms with van der Waals surface area (Å²) >= 11 is 15.7. The van der Waals surface area contributed by atoms with Gasteiger partial charge >= 0.3 is 5.92 Å². The first-order valence-electron chi connectivity index (χ1n) is 2.41. The summed E-state index contributed by atoms with van der Waals surface area (Å²) in [5, 5.41) is -1.05. The summed E-state index contributed by atoms with van der Waals surface area (Å²) in [6, 6.07) is 0. The highest BCUT2D eigenvalue weighted by molar-refractivity contribution is 6.55. The van der Waals surface area contributed by atoms with Crippen LogP contribution in [0.1, 0.15) is 0 Å². The summed E-state index contributed by atoms with van der Waals surface area (Å²) in [6.07, 6.45) is 0. The lowest BCUT2D eigenvalue weighted by atomic mass is 9.87. The van der Waals surface area contributed by atoms with Crippen LogP contribution in [0.2, 0.25) is 0 Å². The van der Waals surface area contributed by atoms with Crippen LogP contribution in [-0.4, -0.2) is 15.6 Å². The molecule has 0 amide bonds. The average Bonchev–Trinajstić information content (AvgIpc) is 1.84. The quantitative estimate of drug-likeness (QED) is 0.423. The highest BCUT2D eigenvalue weighted by atomic mass is 35.5. The van der Waals surface area contributed by atoms with Gasteiger partial charge in [-0.25, -0.2) is 0 Å². The summed E-state index contributed by atoms with van der Waals surface area (Å²) in [5.74, 6) is -3.25. The van der Waals surface area contributed by atoms with E-state index in [1.165, 1.54) is 0 Å². The van der Waals surface area contributed by atoms with Crippen LogP contribution in [-0.2, 0) is 0 Å². The van der Waals surface area contributed by atoms with E-state index in [1.54, 1.807) is 0 Å². The minimum atomic E-state index is -3.25. The molecule has 1 aliphatic rings. The van der Waals surface area contributed by atoms with Gasteiger partial charge in [-0.05, 0) is 0 Å². The standard InChI is InChI=1S/C5H3Cl3F2/c1-2-3(6)4(7,8)5(2,9)10/h3H,1H2. The van der Waals surface area contributed by atoms with Crippen molar-refractivity contribution in [3.05, 3.63) is 12.2 Å². The monoisotopic (exact) mass is 206 g/mol. The number of alkyl halides is 5. The van der Waals surface area contributed by atoms with E-state index in [-0.39, 0.29) is 0 Å². The summed E-state index contributed by atoms with van der Waals surface area (Å²) < 4.78 is 22.8. The molecule has 1 unspecified atom stereocenters. The Balaban J connectivity index is 2.92. The van der Waals surface area contributed by atoms with Crippen molar-refractivity contribution in [2.75, 3.05) is 0 Å². The third-order valence-electron chi connectivity index (χ3n) is 1.45. The van der Waals surface area contributed by atoms with Crippen LogP contribution < -0.4 is 0 Å². The van der Waals surface area contributed by atoms with Gasteiger partial charge in [-0.15, -0.1) is 11.6 Å². The third kappa shape index (κ3) is 0.729. The first-order chi connectivity index (χ1) is 4.32. The Hall–Kier alpha value is 0.470. The lowest BCUT2D eigenvalue weighted by Gasteiger charge is -2.45. The van der Waals surface area contributed by atoms with Crippen molar-refractivity contribution >= 4 is 34.8 Å². The Morgan fingerprint density at radius 2 is 1.80 bits per heavy atom. The van der Waals surface area contributed by atoms with Crippen molar-refractivity contribution in [1.82, 2.24) is 0 Å². The first-order valence-corrected chi connectivity index (χ1v) is 3.60. The molecule has 1 aliphatic carbocycles. The Kier molecular flexibility index (Phi) is 1.71. The zero-order chi connectivity index (χ0) is 8.15. The van der Waals surface area contributed by atoms with E-state index in [0.717, 1.165) is 0 Å². The molecule has 1 atom stereocenters. The van der Waals surface area contributed by atoms with E-state index in [4.69, 9.17) is 34.8 Å². The van der Waals surface area contributed by atoms with Crippen LogP contribution in [0.4, 0.5) is 8.78 Å². The van der Waals surface area contributed by atoms with Gasteiger partial charge in [-0.2, -0.15) is 8.78 Å². The molecule has 0 saturated heterocycles. The summed E-state index contributed by atoms with van der Waals surface area (Å²) in [4.78, 5) is 0. The van der Waals surface area contributed by atoms with Gasteiger partial charge in [0.25, 0.3) is 0 Å². The second-order valence-corrected chi connectivity index (χ2v) is 3.91. The summed E-state index contributed by atoms with van der Waals surface area (Å²) in [7, 11) is 0. The Morgan fingerprint density at radius 1 is 1.40 bits per heavy atom. The van der Waals surface area contributed by atoms with Gasteiger partial charge in [0, 0.05) is 5.57 Å². The van der Waals surface area contributed by atoms with Crippen molar-refractivity contribution in [2.45, 2.75) is 15.6 Å². The van der Waals surface area contributed by atoms with E-state index < -0.39 is 21.2 Å². The van der Waals surface area contributed by atoms with Crippen LogP contribution in [0.3, 0.4) is 0 Å². The van der Waals surface area contributed by atoms with E-state index in [1.807, 2.05) is 0 Å². The number of hydrogen-bond donors (Lipinski definition) is 0. The van der Waals surface area contributed by atoms with Gasteiger partial charge < -0.3 is 0 Å². The first kappa shape index (κ1) is 8.57. The fourth-order valence-corrected chi connectivity index (χ4v) is 1.45. The molecule has 1 fully saturated rings. The van der Waals surface area contributed by atoms with Crippen molar-refractivity contribution in [3.63, 3.8) is 0 Å². The molecule has 0 bridgehead atoms. The van der Waals surface area contributed by atoms with Gasteiger partial charge in [0.15, 0.2) is 0 Å². The summed E-state index contributed by atoms with van der Waals surface area (Å²) in [5.41, 5.74) is -0.417. The molecule has 5 heteroatoms. The molecule has 0 spiro atoms. The van der Waals surface area contributed by atoms with Gasteiger partial charge in [-0.3, -0.25) is 0 Å². The third-order valence-corrected chi connectivity index (χ3v) is 3.17. The molecule has 0 aromatic rings. The van der Waals surface area contributed by atoms with Crippen LogP contribution in [0.15, 0.2) is 12.2 Å². The lowest BCUT2D eigenvalue weighted by Crippen LogP contribution is -2.60. The molecule has 58 valence electrons. The Morgan fingerprint density at radius 3 is 1.90 bits per heavy atom. The number of halogens is 5. The predicted octanol–water partition coefficient (Wildman–Crippen LogP) is 2.97. The molecular formula is C5H3Cl3F2. The molecule has 0 radical (unpaired) electrons. The predicted molar refractivity (Wildman–Crippen MR) is 38.2 cm³/mol. The summed E-state index contributed by atoms with van der Waals surface area (Å²) in [6.45, 7) is 3.04. The normalized spacial score (nSPS) is 35.3. The lowest BCUT2D eigenvalue weighted by molar-refractivity contribution is -0.0189. The second-order valence-electron chi connectivity index (χ2n) is 2.09. The van der Waals surface area contributed by atoms with Crippen LogP contribution >= 0.6 is 34.8 Å². The topological polar surface area (TPSA) is 0 Å². The maximum absolute atomic E-state index is 12.5. The molecular weight excluding hydrogens is 204 g/mol. The highest BCUT2D eigenvalue weighted by Crippen LogP contribution is 2.59. The number of allylic oxidation sites excluding steroid dienone is 1. The largest absolute Gasteiger partial charge is 0.304 e. The molecule has 0 heterocycles. The maximum atomic E-state index is 12.5. The van der Waals surface area contributed by atoms with Crippen molar-refractivity contribution < 1.29 is 8.78 Å². The number of hydrogen-bond acceptors (Lipinski definition) is 0. The van der Waals surface area contributed by atoms with E-state index in [2.05, 4.69) is 6.58 Å². The molecule has 0 aromatic heterocycles. The van der Waals surface area contributed by atoms with E-state index in [9.17, 15) is 8.78 Å². The fraction of sp³-hybridized carbons (Fsp3) is 0.600. The SMILES string of the molecule is C=C1C(Cl)C(Cl)(Cl)C1(F)F. The average molecular weight is 207 g/mol. The second kappa shape index (κ2) is 1.99. The van der Waals surface area contributed by atoms with E-state index in [0.29, 0.717) is 0 Å². The van der Waals surface area contributed by atoms with Crippen LogP contribution in [0, 0.1) is 0 Å². The van der Waals surface area contributed by atoms with Gasteiger partial charge in [0.05, 0.1) is 5.38 Å². The minimum Gasteiger partial charge on any atom is -0.198 e. The van der Waals surface area contributed by atoms with Crippen LogP contribution in [0.5, 0.6) is 0 Å². The van der Waals surface area contributed by atoms with E-state index >= 15 is 0 Å². The molecule has 10 heavy (non-hydrogen) atoms. The van der Waals surface area contributed by atoms with Gasteiger partial charge in [-0.1, -0.05) is 29.8 Å². The Labute approximate surface area is 71.7 Å². The van der Waals surface area contributed by atoms with Crippen LogP contribution in [0.25, 0.3) is 0 Å². The maximum Gasteiger partial charge on any atom is 0.304 e. The number of rotatable bonds is 0. The molecule has 1 rings (SSSR count).